The molecule has 1 atom stereocenters. The predicted molar refractivity (Wildman–Crippen MR) is 51.4 cm³/mol. The summed E-state index contributed by atoms with van der Waals surface area (Å²) in [5, 5.41) is 2.40. The molecule has 0 fully saturated rings. The van der Waals surface area contributed by atoms with Crippen LogP contribution in [0.1, 0.15) is 19.8 Å². The number of primary amides is 1. The minimum absolute atomic E-state index is 0.325. The molecular formula is C8H17N3O3. The molecule has 5 N–H and O–H groups in total. The number of carbonyl (C=O) groups excluding carboxylic acids is 2. The van der Waals surface area contributed by atoms with E-state index in [1.807, 2.05) is 0 Å². The topological polar surface area (TPSA) is 107 Å². The predicted octanol–water partition coefficient (Wildman–Crippen LogP) is -0.675. The van der Waals surface area contributed by atoms with Crippen molar-refractivity contribution in [3.05, 3.63) is 0 Å². The fourth-order valence-corrected chi connectivity index (χ4v) is 0.901. The summed E-state index contributed by atoms with van der Waals surface area (Å²) >= 11 is 0. The van der Waals surface area contributed by atoms with Gasteiger partial charge in [-0.25, -0.2) is 4.79 Å². The standard InChI is InChI=1S/C8H17N3O3/c1-2-14-7(12)6(9)4-3-5-11-8(10)13/h6H,2-5,9H2,1H3,(H3,10,11,13)/t6-/m1/s1. The van der Waals surface area contributed by atoms with Gasteiger partial charge in [-0.1, -0.05) is 0 Å². The summed E-state index contributed by atoms with van der Waals surface area (Å²) in [5.74, 6) is -0.411. The third-order valence-corrected chi connectivity index (χ3v) is 1.58. The molecular weight excluding hydrogens is 186 g/mol. The number of esters is 1. The summed E-state index contributed by atoms with van der Waals surface area (Å²) in [6.45, 7) is 2.47. The maximum Gasteiger partial charge on any atom is 0.322 e. The van der Waals surface area contributed by atoms with Crippen LogP contribution in [0.25, 0.3) is 0 Å². The highest BCUT2D eigenvalue weighted by Crippen LogP contribution is 1.95. The Morgan fingerprint density at radius 3 is 2.64 bits per heavy atom. The first kappa shape index (κ1) is 12.7. The summed E-state index contributed by atoms with van der Waals surface area (Å²) in [6.07, 6.45) is 1.07. The lowest BCUT2D eigenvalue weighted by atomic mass is 10.2. The maximum absolute atomic E-state index is 11.0. The van der Waals surface area contributed by atoms with E-state index in [4.69, 9.17) is 16.2 Å². The van der Waals surface area contributed by atoms with E-state index in [1.165, 1.54) is 0 Å². The number of hydrogen-bond donors (Lipinski definition) is 3. The number of hydrogen-bond acceptors (Lipinski definition) is 4. The quantitative estimate of drug-likeness (QED) is 0.393. The Kier molecular flexibility index (Phi) is 6.47. The van der Waals surface area contributed by atoms with Crippen molar-refractivity contribution in [2.45, 2.75) is 25.8 Å². The van der Waals surface area contributed by atoms with Gasteiger partial charge in [0.1, 0.15) is 6.04 Å². The molecule has 0 aromatic heterocycles. The fourth-order valence-electron chi connectivity index (χ4n) is 0.901. The molecule has 0 unspecified atom stereocenters. The summed E-state index contributed by atoms with van der Waals surface area (Å²) < 4.78 is 4.71. The van der Waals surface area contributed by atoms with E-state index in [2.05, 4.69) is 5.32 Å². The molecule has 6 heteroatoms. The Bertz CT molecular complexity index is 196. The van der Waals surface area contributed by atoms with E-state index in [-0.39, 0.29) is 0 Å². The van der Waals surface area contributed by atoms with E-state index >= 15 is 0 Å². The van der Waals surface area contributed by atoms with Gasteiger partial charge in [-0.2, -0.15) is 0 Å². The second kappa shape index (κ2) is 7.14. The Balaban J connectivity index is 3.48. The highest BCUT2D eigenvalue weighted by Gasteiger charge is 2.13. The molecule has 0 radical (unpaired) electrons. The molecule has 0 saturated heterocycles. The van der Waals surface area contributed by atoms with Gasteiger partial charge in [-0.15, -0.1) is 0 Å². The van der Waals surface area contributed by atoms with Crippen LogP contribution in [0.15, 0.2) is 0 Å². The van der Waals surface area contributed by atoms with E-state index in [0.29, 0.717) is 26.0 Å². The van der Waals surface area contributed by atoms with E-state index in [9.17, 15) is 9.59 Å². The van der Waals surface area contributed by atoms with Crippen molar-refractivity contribution in [3.63, 3.8) is 0 Å². The molecule has 0 heterocycles. The van der Waals surface area contributed by atoms with Crippen molar-refractivity contribution in [2.24, 2.45) is 11.5 Å². The Morgan fingerprint density at radius 1 is 1.50 bits per heavy atom. The van der Waals surface area contributed by atoms with Gasteiger partial charge in [0, 0.05) is 6.54 Å². The van der Waals surface area contributed by atoms with E-state index in [0.717, 1.165) is 0 Å². The summed E-state index contributed by atoms with van der Waals surface area (Å²) in [6, 6.07) is -1.20. The molecule has 0 spiro atoms. The Morgan fingerprint density at radius 2 is 2.14 bits per heavy atom. The lowest BCUT2D eigenvalue weighted by molar-refractivity contribution is -0.144. The molecule has 6 nitrogen and oxygen atoms in total. The molecule has 0 rings (SSSR count). The summed E-state index contributed by atoms with van der Waals surface area (Å²) in [5.41, 5.74) is 10.3. The minimum Gasteiger partial charge on any atom is -0.465 e. The van der Waals surface area contributed by atoms with Crippen LogP contribution in [0.3, 0.4) is 0 Å². The molecule has 0 aliphatic carbocycles. The zero-order chi connectivity index (χ0) is 11.0. The molecule has 0 bridgehead atoms. The first-order valence-electron chi connectivity index (χ1n) is 4.53. The number of nitrogens with two attached hydrogens (primary N) is 2. The first-order chi connectivity index (χ1) is 6.57. The number of carbonyl (C=O) groups is 2. The van der Waals surface area contributed by atoms with Gasteiger partial charge in [-0.05, 0) is 19.8 Å². The van der Waals surface area contributed by atoms with Crippen molar-refractivity contribution in [1.82, 2.24) is 5.32 Å². The zero-order valence-electron chi connectivity index (χ0n) is 8.29. The van der Waals surface area contributed by atoms with Crippen LogP contribution in [-0.2, 0) is 9.53 Å². The highest BCUT2D eigenvalue weighted by molar-refractivity contribution is 5.75. The molecule has 0 aromatic rings. The lowest BCUT2D eigenvalue weighted by Crippen LogP contribution is -2.34. The van der Waals surface area contributed by atoms with E-state index in [1.54, 1.807) is 6.92 Å². The monoisotopic (exact) mass is 203 g/mol. The van der Waals surface area contributed by atoms with Gasteiger partial charge < -0.3 is 21.5 Å². The Hall–Kier alpha value is -1.30. The van der Waals surface area contributed by atoms with Gasteiger partial charge >= 0.3 is 12.0 Å². The maximum atomic E-state index is 11.0. The minimum atomic E-state index is -0.621. The fraction of sp³-hybridized carbons (Fsp3) is 0.750. The van der Waals surface area contributed by atoms with Crippen LogP contribution in [0, 0.1) is 0 Å². The second-order valence-electron chi connectivity index (χ2n) is 2.79. The van der Waals surface area contributed by atoms with Crippen molar-refractivity contribution in [1.29, 1.82) is 0 Å². The van der Waals surface area contributed by atoms with Crippen molar-refractivity contribution < 1.29 is 14.3 Å². The number of rotatable bonds is 6. The summed E-state index contributed by atoms with van der Waals surface area (Å²) in [7, 11) is 0. The molecule has 82 valence electrons. The molecule has 0 aliphatic heterocycles. The Labute approximate surface area is 83.0 Å². The molecule has 2 amide bonds. The van der Waals surface area contributed by atoms with Crippen LogP contribution in [0.2, 0.25) is 0 Å². The van der Waals surface area contributed by atoms with Crippen LogP contribution >= 0.6 is 0 Å². The number of urea groups is 1. The van der Waals surface area contributed by atoms with Gasteiger partial charge in [-0.3, -0.25) is 4.79 Å². The molecule has 0 aromatic carbocycles. The number of ether oxygens (including phenoxy) is 1. The molecule has 0 saturated carbocycles. The first-order valence-corrected chi connectivity index (χ1v) is 4.53. The van der Waals surface area contributed by atoms with Crippen LogP contribution < -0.4 is 16.8 Å². The van der Waals surface area contributed by atoms with E-state index < -0.39 is 18.0 Å². The van der Waals surface area contributed by atoms with Gasteiger partial charge in [0.2, 0.25) is 0 Å². The third-order valence-electron chi connectivity index (χ3n) is 1.58. The van der Waals surface area contributed by atoms with Crippen LogP contribution in [-0.4, -0.2) is 31.2 Å². The van der Waals surface area contributed by atoms with Gasteiger partial charge in [0.05, 0.1) is 6.61 Å². The average Bonchev–Trinajstić information content (AvgIpc) is 2.12. The zero-order valence-corrected chi connectivity index (χ0v) is 8.29. The van der Waals surface area contributed by atoms with Crippen LogP contribution in [0.4, 0.5) is 4.79 Å². The average molecular weight is 203 g/mol. The largest absolute Gasteiger partial charge is 0.465 e. The molecule has 14 heavy (non-hydrogen) atoms. The van der Waals surface area contributed by atoms with Crippen LogP contribution in [0.5, 0.6) is 0 Å². The lowest BCUT2D eigenvalue weighted by Gasteiger charge is -2.09. The second-order valence-corrected chi connectivity index (χ2v) is 2.79. The van der Waals surface area contributed by atoms with Crippen molar-refractivity contribution in [2.75, 3.05) is 13.2 Å². The van der Waals surface area contributed by atoms with Gasteiger partial charge in [0.25, 0.3) is 0 Å². The normalized spacial score (nSPS) is 11.9. The third kappa shape index (κ3) is 6.24. The van der Waals surface area contributed by atoms with Crippen molar-refractivity contribution >= 4 is 12.0 Å². The SMILES string of the molecule is CCOC(=O)[C@H](N)CCCNC(N)=O. The van der Waals surface area contributed by atoms with Gasteiger partial charge in [0.15, 0.2) is 0 Å². The smallest absolute Gasteiger partial charge is 0.322 e. The number of amides is 2. The number of nitrogens with one attached hydrogen (secondary N) is 1. The highest BCUT2D eigenvalue weighted by atomic mass is 16.5. The summed E-state index contributed by atoms with van der Waals surface area (Å²) in [4.78, 5) is 21.3. The van der Waals surface area contributed by atoms with Crippen molar-refractivity contribution in [3.8, 4) is 0 Å². The molecule has 0 aliphatic rings.